The van der Waals surface area contributed by atoms with E-state index in [0.717, 1.165) is 0 Å². The number of hydrogen-bond acceptors (Lipinski definition) is 2. The van der Waals surface area contributed by atoms with Crippen LogP contribution in [0.5, 0.6) is 0 Å². The highest BCUT2D eigenvalue weighted by Gasteiger charge is 2.35. The van der Waals surface area contributed by atoms with Gasteiger partial charge in [0.1, 0.15) is 0 Å². The van der Waals surface area contributed by atoms with Gasteiger partial charge in [-0.15, -0.1) is 12.4 Å². The van der Waals surface area contributed by atoms with Crippen LogP contribution in [0.4, 0.5) is 0 Å². The van der Waals surface area contributed by atoms with Crippen LogP contribution >= 0.6 is 12.4 Å². The zero-order chi connectivity index (χ0) is 7.78. The van der Waals surface area contributed by atoms with Gasteiger partial charge in [0.15, 0.2) is 0 Å². The van der Waals surface area contributed by atoms with E-state index in [1.807, 2.05) is 0 Å². The minimum Gasteiger partial charge on any atom is -0.481 e. The topological polar surface area (TPSA) is 63.3 Å². The van der Waals surface area contributed by atoms with Gasteiger partial charge in [0.05, 0.1) is 5.41 Å². The Bertz CT molecular complexity index is 193. The van der Waals surface area contributed by atoms with Gasteiger partial charge in [-0.1, -0.05) is 12.2 Å². The average Bonchev–Trinajstić information content (AvgIpc) is 2.13. The molecule has 3 nitrogen and oxygen atoms in total. The minimum atomic E-state index is -0.795. The Balaban J connectivity index is 0.000001000. The number of rotatable bonds is 1. The van der Waals surface area contributed by atoms with Crippen LogP contribution in [0, 0.1) is 5.41 Å². The number of carboxylic acids is 1. The lowest BCUT2D eigenvalue weighted by Gasteiger charge is -2.15. The van der Waals surface area contributed by atoms with Crippen molar-refractivity contribution in [1.82, 2.24) is 0 Å². The lowest BCUT2D eigenvalue weighted by Crippen LogP contribution is -2.27. The van der Waals surface area contributed by atoms with E-state index in [4.69, 9.17) is 10.8 Å². The molecule has 0 heterocycles. The fraction of sp³-hybridized carbons (Fsp3) is 0.571. The summed E-state index contributed by atoms with van der Waals surface area (Å²) in [5, 5.41) is 8.68. The van der Waals surface area contributed by atoms with Crippen LogP contribution < -0.4 is 5.73 Å². The van der Waals surface area contributed by atoms with E-state index in [1.165, 1.54) is 0 Å². The molecule has 0 aromatic rings. The van der Waals surface area contributed by atoms with Crippen LogP contribution in [0.3, 0.4) is 0 Å². The van der Waals surface area contributed by atoms with E-state index in [1.54, 1.807) is 19.1 Å². The van der Waals surface area contributed by atoms with E-state index >= 15 is 0 Å². The van der Waals surface area contributed by atoms with E-state index in [9.17, 15) is 4.79 Å². The first-order valence-electron chi connectivity index (χ1n) is 3.23. The SMILES string of the molecule is CC1(C(=O)O)C=CC(N)C1.Cl. The predicted molar refractivity (Wildman–Crippen MR) is 44.7 cm³/mol. The smallest absolute Gasteiger partial charge is 0.313 e. The second-order valence-corrected chi connectivity index (χ2v) is 2.95. The minimum absolute atomic E-state index is 0. The normalized spacial score (nSPS) is 34.9. The number of halogens is 1. The van der Waals surface area contributed by atoms with E-state index in [0.29, 0.717) is 6.42 Å². The van der Waals surface area contributed by atoms with Gasteiger partial charge in [0, 0.05) is 6.04 Å². The van der Waals surface area contributed by atoms with E-state index < -0.39 is 11.4 Å². The third kappa shape index (κ3) is 1.94. The third-order valence-electron chi connectivity index (χ3n) is 1.86. The molecule has 0 saturated carbocycles. The number of carbonyl (C=O) groups is 1. The third-order valence-corrected chi connectivity index (χ3v) is 1.86. The van der Waals surface area contributed by atoms with Crippen molar-refractivity contribution in [3.8, 4) is 0 Å². The average molecular weight is 178 g/mol. The highest BCUT2D eigenvalue weighted by atomic mass is 35.5. The fourth-order valence-electron chi connectivity index (χ4n) is 1.12. The van der Waals surface area contributed by atoms with Gasteiger partial charge in [-0.2, -0.15) is 0 Å². The quantitative estimate of drug-likeness (QED) is 0.582. The van der Waals surface area contributed by atoms with Crippen molar-refractivity contribution >= 4 is 18.4 Å². The molecule has 2 unspecified atom stereocenters. The molecule has 0 radical (unpaired) electrons. The molecule has 1 aliphatic rings. The molecule has 0 fully saturated rings. The van der Waals surface area contributed by atoms with Crippen LogP contribution in [-0.2, 0) is 4.79 Å². The molecule has 1 rings (SSSR count). The lowest BCUT2D eigenvalue weighted by atomic mass is 9.90. The van der Waals surface area contributed by atoms with Crippen LogP contribution in [0.1, 0.15) is 13.3 Å². The predicted octanol–water partition coefficient (Wildman–Crippen LogP) is 0.786. The molecular weight excluding hydrogens is 166 g/mol. The second-order valence-electron chi connectivity index (χ2n) is 2.95. The van der Waals surface area contributed by atoms with E-state index in [-0.39, 0.29) is 18.4 Å². The summed E-state index contributed by atoms with van der Waals surface area (Å²) in [6.07, 6.45) is 3.93. The molecule has 64 valence electrons. The van der Waals surface area contributed by atoms with Crippen molar-refractivity contribution in [2.45, 2.75) is 19.4 Å². The molecule has 4 heteroatoms. The van der Waals surface area contributed by atoms with Gasteiger partial charge in [-0.3, -0.25) is 4.79 Å². The number of hydrogen-bond donors (Lipinski definition) is 2. The zero-order valence-corrected chi connectivity index (χ0v) is 7.10. The summed E-state index contributed by atoms with van der Waals surface area (Å²) in [4.78, 5) is 10.6. The van der Waals surface area contributed by atoms with Crippen LogP contribution in [0.15, 0.2) is 12.2 Å². The summed E-state index contributed by atoms with van der Waals surface area (Å²) in [7, 11) is 0. The highest BCUT2D eigenvalue weighted by molar-refractivity contribution is 5.85. The van der Waals surface area contributed by atoms with Crippen LogP contribution in [0.25, 0.3) is 0 Å². The van der Waals surface area contributed by atoms with Crippen molar-refractivity contribution in [2.75, 3.05) is 0 Å². The van der Waals surface area contributed by atoms with Crippen molar-refractivity contribution in [3.63, 3.8) is 0 Å². The second kappa shape index (κ2) is 3.24. The maximum absolute atomic E-state index is 10.6. The highest BCUT2D eigenvalue weighted by Crippen LogP contribution is 2.30. The number of nitrogens with two attached hydrogens (primary N) is 1. The maximum Gasteiger partial charge on any atom is 0.313 e. The summed E-state index contributed by atoms with van der Waals surface area (Å²) in [6, 6.07) is -0.0823. The Morgan fingerprint density at radius 2 is 2.36 bits per heavy atom. The first-order valence-corrected chi connectivity index (χ1v) is 3.23. The first kappa shape index (κ1) is 10.5. The molecule has 3 N–H and O–H groups in total. The summed E-state index contributed by atoms with van der Waals surface area (Å²) >= 11 is 0. The van der Waals surface area contributed by atoms with Crippen molar-refractivity contribution in [3.05, 3.63) is 12.2 Å². The van der Waals surface area contributed by atoms with Crippen LogP contribution in [-0.4, -0.2) is 17.1 Å². The van der Waals surface area contributed by atoms with Crippen molar-refractivity contribution < 1.29 is 9.90 Å². The Labute approximate surface area is 71.7 Å². The lowest BCUT2D eigenvalue weighted by molar-refractivity contribution is -0.145. The summed E-state index contributed by atoms with van der Waals surface area (Å²) in [5.41, 5.74) is 4.78. The molecule has 0 aromatic heterocycles. The van der Waals surface area contributed by atoms with Crippen molar-refractivity contribution in [2.24, 2.45) is 11.1 Å². The molecule has 2 atom stereocenters. The van der Waals surface area contributed by atoms with Gasteiger partial charge >= 0.3 is 5.97 Å². The largest absolute Gasteiger partial charge is 0.481 e. The zero-order valence-electron chi connectivity index (χ0n) is 6.28. The molecule has 1 aliphatic carbocycles. The Morgan fingerprint density at radius 1 is 1.82 bits per heavy atom. The fourth-order valence-corrected chi connectivity index (χ4v) is 1.12. The van der Waals surface area contributed by atoms with Crippen molar-refractivity contribution in [1.29, 1.82) is 0 Å². The molecule has 0 amide bonds. The Morgan fingerprint density at radius 3 is 2.55 bits per heavy atom. The maximum atomic E-state index is 10.6. The monoisotopic (exact) mass is 177 g/mol. The Hall–Kier alpha value is -0.540. The molecule has 0 saturated heterocycles. The summed E-state index contributed by atoms with van der Waals surface area (Å²) in [6.45, 7) is 1.68. The van der Waals surface area contributed by atoms with Gasteiger partial charge in [-0.05, 0) is 13.3 Å². The molecule has 0 bridgehead atoms. The standard InChI is InChI=1S/C7H11NO2.ClH/c1-7(6(9)10)3-2-5(8)4-7;/h2-3,5H,4,8H2,1H3,(H,9,10);1H. The van der Waals surface area contributed by atoms with Gasteiger partial charge in [0.2, 0.25) is 0 Å². The van der Waals surface area contributed by atoms with Gasteiger partial charge < -0.3 is 10.8 Å². The number of aliphatic carboxylic acids is 1. The first-order chi connectivity index (χ1) is 4.54. The molecular formula is C7H12ClNO2. The van der Waals surface area contributed by atoms with Gasteiger partial charge in [0.25, 0.3) is 0 Å². The summed E-state index contributed by atoms with van der Waals surface area (Å²) in [5.74, 6) is -0.795. The molecule has 11 heavy (non-hydrogen) atoms. The molecule has 0 aliphatic heterocycles. The number of carboxylic acid groups (broad SMARTS) is 1. The molecule has 0 spiro atoms. The van der Waals surface area contributed by atoms with Crippen LogP contribution in [0.2, 0.25) is 0 Å². The van der Waals surface area contributed by atoms with E-state index in [2.05, 4.69) is 0 Å². The summed E-state index contributed by atoms with van der Waals surface area (Å²) < 4.78 is 0. The molecule has 0 aromatic carbocycles. The van der Waals surface area contributed by atoms with Gasteiger partial charge in [-0.25, -0.2) is 0 Å². The Kier molecular flexibility index (Phi) is 3.08.